The second kappa shape index (κ2) is 4.75. The number of hydrogen-bond acceptors (Lipinski definition) is 3. The number of halogens is 1. The number of nitrogens with zero attached hydrogens (tertiary/aromatic N) is 1. The molecule has 0 aliphatic heterocycles. The predicted octanol–water partition coefficient (Wildman–Crippen LogP) is 1.26. The number of anilines is 1. The van der Waals surface area contributed by atoms with Crippen molar-refractivity contribution < 1.29 is 9.18 Å². The van der Waals surface area contributed by atoms with Gasteiger partial charge in [0.25, 0.3) is 5.91 Å². The minimum absolute atomic E-state index is 0.0829. The molecule has 0 saturated heterocycles. The van der Waals surface area contributed by atoms with E-state index in [0.717, 1.165) is 0 Å². The van der Waals surface area contributed by atoms with Gasteiger partial charge in [0.15, 0.2) is 0 Å². The van der Waals surface area contributed by atoms with Crippen LogP contribution in [0.4, 0.5) is 10.1 Å². The fourth-order valence-corrected chi connectivity index (χ4v) is 1.39. The predicted molar refractivity (Wildman–Crippen MR) is 60.8 cm³/mol. The number of nitrogens with one attached hydrogen (secondary N) is 2. The van der Waals surface area contributed by atoms with E-state index in [0.29, 0.717) is 16.9 Å². The standard InChI is InChI=1S/C11H11FN4O/c12-9-2-1-8(5-7(9)6-13)15-11(17)10-3-4-14-16-10/h1-5H,6,13H2,(H,14,16)(H,15,17). The van der Waals surface area contributed by atoms with Crippen molar-refractivity contribution in [2.45, 2.75) is 6.54 Å². The summed E-state index contributed by atoms with van der Waals surface area (Å²) < 4.78 is 13.2. The van der Waals surface area contributed by atoms with E-state index >= 15 is 0 Å². The maximum absolute atomic E-state index is 13.2. The summed E-state index contributed by atoms with van der Waals surface area (Å²) in [6, 6.07) is 5.79. The van der Waals surface area contributed by atoms with Crippen LogP contribution in [0.2, 0.25) is 0 Å². The normalized spacial score (nSPS) is 10.2. The molecule has 0 aliphatic rings. The van der Waals surface area contributed by atoms with Gasteiger partial charge in [-0.05, 0) is 24.3 Å². The molecule has 4 N–H and O–H groups in total. The average molecular weight is 234 g/mol. The van der Waals surface area contributed by atoms with E-state index in [-0.39, 0.29) is 18.3 Å². The molecule has 1 amide bonds. The number of amides is 1. The summed E-state index contributed by atoms with van der Waals surface area (Å²) in [7, 11) is 0. The van der Waals surface area contributed by atoms with E-state index in [1.54, 1.807) is 6.07 Å². The van der Waals surface area contributed by atoms with Crippen LogP contribution in [0.5, 0.6) is 0 Å². The van der Waals surface area contributed by atoms with Crippen LogP contribution in [0.15, 0.2) is 30.5 Å². The summed E-state index contributed by atoms with van der Waals surface area (Å²) in [6.07, 6.45) is 1.48. The lowest BCUT2D eigenvalue weighted by atomic mass is 10.2. The maximum atomic E-state index is 13.2. The molecule has 0 bridgehead atoms. The number of aromatic nitrogens is 2. The van der Waals surface area contributed by atoms with Crippen LogP contribution in [0.25, 0.3) is 0 Å². The van der Waals surface area contributed by atoms with E-state index in [4.69, 9.17) is 5.73 Å². The molecule has 17 heavy (non-hydrogen) atoms. The SMILES string of the molecule is NCc1cc(NC(=O)c2ccn[nH]2)ccc1F. The molecule has 0 saturated carbocycles. The zero-order valence-electron chi connectivity index (χ0n) is 8.90. The van der Waals surface area contributed by atoms with Gasteiger partial charge in [0.1, 0.15) is 11.5 Å². The molecule has 6 heteroatoms. The number of carbonyl (C=O) groups excluding carboxylic acids is 1. The first-order chi connectivity index (χ1) is 8.20. The highest BCUT2D eigenvalue weighted by molar-refractivity contribution is 6.02. The summed E-state index contributed by atoms with van der Waals surface area (Å²) in [5, 5.41) is 8.82. The number of benzene rings is 1. The highest BCUT2D eigenvalue weighted by Crippen LogP contribution is 2.14. The monoisotopic (exact) mass is 234 g/mol. The number of carbonyl (C=O) groups is 1. The Morgan fingerprint density at radius 3 is 2.94 bits per heavy atom. The molecule has 0 atom stereocenters. The first-order valence-corrected chi connectivity index (χ1v) is 5.00. The minimum atomic E-state index is -0.382. The third kappa shape index (κ3) is 2.48. The van der Waals surface area contributed by atoms with Crippen LogP contribution < -0.4 is 11.1 Å². The van der Waals surface area contributed by atoms with Crippen molar-refractivity contribution >= 4 is 11.6 Å². The Balaban J connectivity index is 2.16. The molecule has 5 nitrogen and oxygen atoms in total. The molecule has 1 heterocycles. The Kier molecular flexibility index (Phi) is 3.15. The number of nitrogens with two attached hydrogens (primary N) is 1. The summed E-state index contributed by atoms with van der Waals surface area (Å²) in [4.78, 5) is 11.7. The zero-order valence-corrected chi connectivity index (χ0v) is 8.90. The lowest BCUT2D eigenvalue weighted by Crippen LogP contribution is -2.13. The van der Waals surface area contributed by atoms with E-state index in [9.17, 15) is 9.18 Å². The molecule has 1 aromatic carbocycles. The zero-order chi connectivity index (χ0) is 12.3. The van der Waals surface area contributed by atoms with Gasteiger partial charge >= 0.3 is 0 Å². The molecule has 1 aromatic heterocycles. The largest absolute Gasteiger partial charge is 0.326 e. The maximum Gasteiger partial charge on any atom is 0.273 e. The van der Waals surface area contributed by atoms with Crippen molar-refractivity contribution in [1.29, 1.82) is 0 Å². The summed E-state index contributed by atoms with van der Waals surface area (Å²) in [5.74, 6) is -0.718. The van der Waals surface area contributed by atoms with Gasteiger partial charge in [0.2, 0.25) is 0 Å². The summed E-state index contributed by atoms with van der Waals surface area (Å²) in [5.41, 5.74) is 6.56. The summed E-state index contributed by atoms with van der Waals surface area (Å²) in [6.45, 7) is 0.0829. The number of H-pyrrole nitrogens is 1. The first-order valence-electron chi connectivity index (χ1n) is 5.00. The molecule has 88 valence electrons. The van der Waals surface area contributed by atoms with Crippen LogP contribution in [0, 0.1) is 5.82 Å². The van der Waals surface area contributed by atoms with Crippen molar-refractivity contribution in [3.05, 3.63) is 47.5 Å². The van der Waals surface area contributed by atoms with Gasteiger partial charge < -0.3 is 11.1 Å². The highest BCUT2D eigenvalue weighted by atomic mass is 19.1. The molecule has 0 spiro atoms. The smallest absolute Gasteiger partial charge is 0.273 e. The van der Waals surface area contributed by atoms with Crippen LogP contribution >= 0.6 is 0 Å². The fraction of sp³-hybridized carbons (Fsp3) is 0.0909. The third-order valence-electron chi connectivity index (χ3n) is 2.27. The van der Waals surface area contributed by atoms with Gasteiger partial charge in [0.05, 0.1) is 0 Å². The molecule has 2 aromatic rings. The number of aromatic amines is 1. The second-order valence-corrected chi connectivity index (χ2v) is 3.43. The van der Waals surface area contributed by atoms with Crippen molar-refractivity contribution in [3.8, 4) is 0 Å². The molecule has 0 radical (unpaired) electrons. The summed E-state index contributed by atoms with van der Waals surface area (Å²) >= 11 is 0. The lowest BCUT2D eigenvalue weighted by Gasteiger charge is -2.06. The van der Waals surface area contributed by atoms with Gasteiger partial charge in [-0.2, -0.15) is 5.10 Å². The van der Waals surface area contributed by atoms with E-state index in [1.165, 1.54) is 24.4 Å². The first kappa shape index (κ1) is 11.3. The molecule has 0 aliphatic carbocycles. The van der Waals surface area contributed by atoms with Crippen molar-refractivity contribution in [2.75, 3.05) is 5.32 Å². The molecule has 2 rings (SSSR count). The van der Waals surface area contributed by atoms with Gasteiger partial charge in [-0.1, -0.05) is 0 Å². The topological polar surface area (TPSA) is 83.8 Å². The van der Waals surface area contributed by atoms with Crippen molar-refractivity contribution in [3.63, 3.8) is 0 Å². The van der Waals surface area contributed by atoms with Crippen LogP contribution in [-0.2, 0) is 6.54 Å². The Morgan fingerprint density at radius 1 is 1.47 bits per heavy atom. The lowest BCUT2D eigenvalue weighted by molar-refractivity contribution is 0.102. The third-order valence-corrected chi connectivity index (χ3v) is 2.27. The van der Waals surface area contributed by atoms with E-state index in [1.807, 2.05) is 0 Å². The van der Waals surface area contributed by atoms with Crippen molar-refractivity contribution in [1.82, 2.24) is 10.2 Å². The minimum Gasteiger partial charge on any atom is -0.326 e. The molecular formula is C11H11FN4O. The highest BCUT2D eigenvalue weighted by Gasteiger charge is 2.08. The van der Waals surface area contributed by atoms with E-state index < -0.39 is 0 Å². The van der Waals surface area contributed by atoms with Gasteiger partial charge in [-0.15, -0.1) is 0 Å². The molecule has 0 fully saturated rings. The van der Waals surface area contributed by atoms with Crippen LogP contribution in [0.1, 0.15) is 16.1 Å². The van der Waals surface area contributed by atoms with Gasteiger partial charge in [-0.3, -0.25) is 9.89 Å². The quantitative estimate of drug-likeness (QED) is 0.747. The Hall–Kier alpha value is -2.21. The van der Waals surface area contributed by atoms with Gasteiger partial charge in [0, 0.05) is 24.0 Å². The van der Waals surface area contributed by atoms with Gasteiger partial charge in [-0.25, -0.2) is 4.39 Å². The Bertz CT molecular complexity index is 524. The van der Waals surface area contributed by atoms with Crippen LogP contribution in [0.3, 0.4) is 0 Å². The molecular weight excluding hydrogens is 223 g/mol. The van der Waals surface area contributed by atoms with E-state index in [2.05, 4.69) is 15.5 Å². The van der Waals surface area contributed by atoms with Crippen LogP contribution in [-0.4, -0.2) is 16.1 Å². The Morgan fingerprint density at radius 2 is 2.29 bits per heavy atom. The Labute approximate surface area is 96.8 Å². The second-order valence-electron chi connectivity index (χ2n) is 3.43. The molecule has 0 unspecified atom stereocenters. The van der Waals surface area contributed by atoms with Crippen molar-refractivity contribution in [2.24, 2.45) is 5.73 Å². The number of rotatable bonds is 3. The fourth-order valence-electron chi connectivity index (χ4n) is 1.39. The average Bonchev–Trinajstić information content (AvgIpc) is 2.85. The number of hydrogen-bond donors (Lipinski definition) is 3.